The zero-order valence-corrected chi connectivity index (χ0v) is 12.8. The van der Waals surface area contributed by atoms with Crippen LogP contribution in [-0.4, -0.2) is 21.1 Å². The topological polar surface area (TPSA) is 42.7 Å². The van der Waals surface area contributed by atoms with Gasteiger partial charge in [0.2, 0.25) is 0 Å². The van der Waals surface area contributed by atoms with E-state index in [0.717, 1.165) is 37.3 Å². The number of nitrogens with one attached hydrogen (secondary N) is 1. The molecule has 0 amide bonds. The standard InChI is InChI=1S/C15H21ClN4/c1-3-8-20-9-7-19-15(20)10-14(18-4-2)12-5-6-17-11-13(12)16/h5-7,9,11,14,18H,3-4,8,10H2,1-2H3. The predicted octanol–water partition coefficient (Wildman–Crippen LogP) is 3.23. The van der Waals surface area contributed by atoms with E-state index < -0.39 is 0 Å². The summed E-state index contributed by atoms with van der Waals surface area (Å²) in [5.41, 5.74) is 1.08. The van der Waals surface area contributed by atoms with Crippen molar-refractivity contribution in [2.45, 2.75) is 39.3 Å². The highest BCUT2D eigenvalue weighted by molar-refractivity contribution is 6.31. The third kappa shape index (κ3) is 3.58. The molecule has 1 unspecified atom stereocenters. The van der Waals surface area contributed by atoms with Gasteiger partial charge in [-0.3, -0.25) is 4.98 Å². The third-order valence-corrected chi connectivity index (χ3v) is 3.60. The van der Waals surface area contributed by atoms with Crippen LogP contribution in [0.2, 0.25) is 5.02 Å². The highest BCUT2D eigenvalue weighted by atomic mass is 35.5. The molecule has 2 rings (SSSR count). The van der Waals surface area contributed by atoms with Gasteiger partial charge in [-0.2, -0.15) is 0 Å². The van der Waals surface area contributed by atoms with E-state index in [1.165, 1.54) is 0 Å². The van der Waals surface area contributed by atoms with Crippen molar-refractivity contribution in [3.05, 3.63) is 47.3 Å². The van der Waals surface area contributed by atoms with Crippen LogP contribution in [0.5, 0.6) is 0 Å². The SMILES string of the molecule is CCCn1ccnc1CC(NCC)c1ccncc1Cl. The predicted molar refractivity (Wildman–Crippen MR) is 81.9 cm³/mol. The fourth-order valence-corrected chi connectivity index (χ4v) is 2.62. The number of hydrogen-bond donors (Lipinski definition) is 1. The molecule has 0 radical (unpaired) electrons. The molecule has 20 heavy (non-hydrogen) atoms. The lowest BCUT2D eigenvalue weighted by Crippen LogP contribution is -2.24. The summed E-state index contributed by atoms with van der Waals surface area (Å²) in [5, 5.41) is 4.18. The van der Waals surface area contributed by atoms with Crippen molar-refractivity contribution in [1.29, 1.82) is 0 Å². The third-order valence-electron chi connectivity index (χ3n) is 3.28. The lowest BCUT2D eigenvalue weighted by molar-refractivity contribution is 0.516. The molecule has 2 heterocycles. The van der Waals surface area contributed by atoms with Crippen molar-refractivity contribution in [2.24, 2.45) is 0 Å². The van der Waals surface area contributed by atoms with Crippen LogP contribution in [0.3, 0.4) is 0 Å². The molecule has 1 atom stereocenters. The molecule has 108 valence electrons. The molecule has 0 aromatic carbocycles. The Balaban J connectivity index is 2.21. The average molecular weight is 293 g/mol. The summed E-state index contributed by atoms with van der Waals surface area (Å²) in [6.45, 7) is 6.15. The Labute approximate surface area is 125 Å². The van der Waals surface area contributed by atoms with Gasteiger partial charge in [0.15, 0.2) is 0 Å². The zero-order valence-electron chi connectivity index (χ0n) is 12.0. The average Bonchev–Trinajstić information content (AvgIpc) is 2.87. The normalized spacial score (nSPS) is 12.6. The van der Waals surface area contributed by atoms with Crippen LogP contribution in [-0.2, 0) is 13.0 Å². The van der Waals surface area contributed by atoms with E-state index in [9.17, 15) is 0 Å². The van der Waals surface area contributed by atoms with Crippen LogP contribution >= 0.6 is 11.6 Å². The molecule has 2 aromatic heterocycles. The molecule has 5 heteroatoms. The molecule has 0 fully saturated rings. The Morgan fingerprint density at radius 2 is 2.20 bits per heavy atom. The van der Waals surface area contributed by atoms with Crippen LogP contribution in [0, 0.1) is 0 Å². The van der Waals surface area contributed by atoms with E-state index in [-0.39, 0.29) is 6.04 Å². The lowest BCUT2D eigenvalue weighted by Gasteiger charge is -2.19. The Morgan fingerprint density at radius 3 is 2.90 bits per heavy atom. The number of imidazole rings is 1. The molecule has 4 nitrogen and oxygen atoms in total. The molecule has 0 saturated heterocycles. The maximum atomic E-state index is 6.27. The van der Waals surface area contributed by atoms with Gasteiger partial charge in [-0.25, -0.2) is 4.98 Å². The van der Waals surface area contributed by atoms with Gasteiger partial charge in [0.25, 0.3) is 0 Å². The first-order valence-electron chi connectivity index (χ1n) is 7.09. The summed E-state index contributed by atoms with van der Waals surface area (Å²) in [6.07, 6.45) is 9.30. The van der Waals surface area contributed by atoms with Gasteiger partial charge in [-0.05, 0) is 24.6 Å². The minimum Gasteiger partial charge on any atom is -0.335 e. The van der Waals surface area contributed by atoms with Crippen molar-refractivity contribution >= 4 is 11.6 Å². The van der Waals surface area contributed by atoms with Crippen LogP contribution in [0.1, 0.15) is 37.7 Å². The molecule has 0 bridgehead atoms. The summed E-state index contributed by atoms with van der Waals surface area (Å²) in [4.78, 5) is 8.53. The second kappa shape index (κ2) is 7.41. The van der Waals surface area contributed by atoms with Crippen LogP contribution in [0.15, 0.2) is 30.9 Å². The summed E-state index contributed by atoms with van der Waals surface area (Å²) >= 11 is 6.27. The van der Waals surface area contributed by atoms with Crippen molar-refractivity contribution in [1.82, 2.24) is 19.9 Å². The molecule has 1 N–H and O–H groups in total. The fraction of sp³-hybridized carbons (Fsp3) is 0.467. The van der Waals surface area contributed by atoms with E-state index in [4.69, 9.17) is 11.6 Å². The van der Waals surface area contributed by atoms with E-state index in [0.29, 0.717) is 5.02 Å². The largest absolute Gasteiger partial charge is 0.335 e. The highest BCUT2D eigenvalue weighted by Gasteiger charge is 2.16. The minimum absolute atomic E-state index is 0.161. The number of pyridine rings is 1. The van der Waals surface area contributed by atoms with Gasteiger partial charge in [0.05, 0.1) is 5.02 Å². The van der Waals surface area contributed by atoms with Gasteiger partial charge in [-0.1, -0.05) is 25.4 Å². The number of likely N-dealkylation sites (N-methyl/N-ethyl adjacent to an activating group) is 1. The molecule has 0 spiro atoms. The molecular formula is C15H21ClN4. The Hall–Kier alpha value is -1.39. The molecule has 0 saturated carbocycles. The summed E-state index contributed by atoms with van der Waals surface area (Å²) in [5.74, 6) is 1.09. The first kappa shape index (κ1) is 15.0. The molecule has 0 aliphatic carbocycles. The summed E-state index contributed by atoms with van der Waals surface area (Å²) in [6, 6.07) is 2.14. The van der Waals surface area contributed by atoms with Gasteiger partial charge < -0.3 is 9.88 Å². The monoisotopic (exact) mass is 292 g/mol. The van der Waals surface area contributed by atoms with Crippen LogP contribution < -0.4 is 5.32 Å². The van der Waals surface area contributed by atoms with Gasteiger partial charge in [-0.15, -0.1) is 0 Å². The van der Waals surface area contributed by atoms with Crippen molar-refractivity contribution < 1.29 is 0 Å². The second-order valence-corrected chi connectivity index (χ2v) is 5.16. The first-order chi connectivity index (χ1) is 9.76. The summed E-state index contributed by atoms with van der Waals surface area (Å²) in [7, 11) is 0. The number of aromatic nitrogens is 3. The van der Waals surface area contributed by atoms with E-state index in [2.05, 4.69) is 33.7 Å². The number of nitrogens with zero attached hydrogens (tertiary/aromatic N) is 3. The molecule has 2 aromatic rings. The molecular weight excluding hydrogens is 272 g/mol. The Bertz CT molecular complexity index is 538. The molecule has 0 aliphatic heterocycles. The number of halogens is 1. The van der Waals surface area contributed by atoms with Gasteiger partial charge in [0.1, 0.15) is 5.82 Å². The van der Waals surface area contributed by atoms with Gasteiger partial charge >= 0.3 is 0 Å². The second-order valence-electron chi connectivity index (χ2n) is 4.75. The quantitative estimate of drug-likeness (QED) is 0.852. The maximum Gasteiger partial charge on any atom is 0.110 e. The smallest absolute Gasteiger partial charge is 0.110 e. The van der Waals surface area contributed by atoms with Crippen molar-refractivity contribution in [3.63, 3.8) is 0 Å². The van der Waals surface area contributed by atoms with Crippen LogP contribution in [0.25, 0.3) is 0 Å². The lowest BCUT2D eigenvalue weighted by atomic mass is 10.0. The van der Waals surface area contributed by atoms with Crippen LogP contribution in [0.4, 0.5) is 0 Å². The first-order valence-corrected chi connectivity index (χ1v) is 7.46. The van der Waals surface area contributed by atoms with Gasteiger partial charge in [0, 0.05) is 43.8 Å². The minimum atomic E-state index is 0.161. The zero-order chi connectivity index (χ0) is 14.4. The van der Waals surface area contributed by atoms with Crippen molar-refractivity contribution in [3.8, 4) is 0 Å². The van der Waals surface area contributed by atoms with E-state index in [1.807, 2.05) is 18.5 Å². The number of rotatable bonds is 7. The van der Waals surface area contributed by atoms with Crippen molar-refractivity contribution in [2.75, 3.05) is 6.54 Å². The molecule has 0 aliphatic rings. The highest BCUT2D eigenvalue weighted by Crippen LogP contribution is 2.24. The number of aryl methyl sites for hydroxylation is 1. The Morgan fingerprint density at radius 1 is 1.35 bits per heavy atom. The maximum absolute atomic E-state index is 6.27. The fourth-order valence-electron chi connectivity index (χ4n) is 2.36. The summed E-state index contributed by atoms with van der Waals surface area (Å²) < 4.78 is 2.21. The van der Waals surface area contributed by atoms with E-state index in [1.54, 1.807) is 12.4 Å². The number of hydrogen-bond acceptors (Lipinski definition) is 3. The van der Waals surface area contributed by atoms with E-state index >= 15 is 0 Å². The Kier molecular flexibility index (Phi) is 5.56.